The van der Waals surface area contributed by atoms with Gasteiger partial charge in [-0.25, -0.2) is 16.8 Å². The molecule has 0 heterocycles. The van der Waals surface area contributed by atoms with Gasteiger partial charge in [0.2, 0.25) is 0 Å². The van der Waals surface area contributed by atoms with Crippen molar-refractivity contribution in [3.05, 3.63) is 4.13 Å². The first-order chi connectivity index (χ1) is 12.9. The van der Waals surface area contributed by atoms with Crippen LogP contribution in [0.3, 0.4) is 0 Å². The van der Waals surface area contributed by atoms with Crippen molar-refractivity contribution < 1.29 is 57.9 Å². The summed E-state index contributed by atoms with van der Waals surface area (Å²) in [6.07, 6.45) is 5.01. The quantitative estimate of drug-likeness (QED) is 0.263. The molecule has 29 heavy (non-hydrogen) atoms. The van der Waals surface area contributed by atoms with Gasteiger partial charge in [0.05, 0.1) is 26.8 Å². The van der Waals surface area contributed by atoms with Gasteiger partial charge >= 0.3 is 11.0 Å². The average molecular weight is 484 g/mol. The van der Waals surface area contributed by atoms with Crippen LogP contribution in [-0.4, -0.2) is 82.4 Å². The Morgan fingerprint density at radius 3 is 1.41 bits per heavy atom. The second-order valence-electron chi connectivity index (χ2n) is 6.21. The molecule has 0 atom stereocenters. The SMILES string of the molecule is CCCCCC[N+](C)(CCO)CCO.O=S(=O)([N-]S(=O)(=O)C(F)(F)F)C(F)(F)F. The maximum Gasteiger partial charge on any atom is 0.480 e. The Kier molecular flexibility index (Phi) is 12.9. The molecule has 0 radical (unpaired) electrons. The molecule has 0 amide bonds. The van der Waals surface area contributed by atoms with Crippen LogP contribution < -0.4 is 0 Å². The van der Waals surface area contributed by atoms with E-state index in [9.17, 15) is 43.2 Å². The first kappa shape index (κ1) is 30.5. The molecule has 0 bridgehead atoms. The average Bonchev–Trinajstić information content (AvgIpc) is 2.49. The van der Waals surface area contributed by atoms with Gasteiger partial charge in [0, 0.05) is 0 Å². The number of nitrogens with zero attached hydrogens (tertiary/aromatic N) is 2. The summed E-state index contributed by atoms with van der Waals surface area (Å²) in [5.41, 5.74) is -12.4. The van der Waals surface area contributed by atoms with Crippen LogP contribution in [0.15, 0.2) is 0 Å². The molecule has 0 aromatic carbocycles. The molecule has 0 unspecified atom stereocenters. The summed E-state index contributed by atoms with van der Waals surface area (Å²) in [5.74, 6) is 0. The minimum Gasteiger partial charge on any atom is -0.421 e. The van der Waals surface area contributed by atoms with Gasteiger partial charge in [0.15, 0.2) is 20.0 Å². The van der Waals surface area contributed by atoms with E-state index in [2.05, 4.69) is 14.0 Å². The lowest BCUT2D eigenvalue weighted by atomic mass is 10.2. The Labute approximate surface area is 166 Å². The van der Waals surface area contributed by atoms with Gasteiger partial charge in [-0.05, 0) is 12.8 Å². The number of unbranched alkanes of at least 4 members (excludes halogenated alkanes) is 3. The second-order valence-corrected chi connectivity index (χ2v) is 9.64. The van der Waals surface area contributed by atoms with Crippen LogP contribution in [0.4, 0.5) is 26.3 Å². The Morgan fingerprint density at radius 2 is 1.14 bits per heavy atom. The number of aliphatic hydroxyl groups excluding tert-OH is 2. The van der Waals surface area contributed by atoms with E-state index in [0.717, 1.165) is 28.2 Å². The van der Waals surface area contributed by atoms with E-state index in [1.807, 2.05) is 0 Å². The van der Waals surface area contributed by atoms with Crippen molar-refractivity contribution in [2.75, 3.05) is 39.9 Å². The molecule has 0 spiro atoms. The van der Waals surface area contributed by atoms with Crippen molar-refractivity contribution in [1.82, 2.24) is 0 Å². The molecular formula is C13H26F6N2O6S2. The van der Waals surface area contributed by atoms with Crippen LogP contribution in [0, 0.1) is 0 Å². The summed E-state index contributed by atoms with van der Waals surface area (Å²) in [4.78, 5) is 0. The number of sulfonamides is 2. The van der Waals surface area contributed by atoms with Gasteiger partial charge in [-0.15, -0.1) is 0 Å². The maximum atomic E-state index is 11.4. The second kappa shape index (κ2) is 12.2. The molecule has 0 fully saturated rings. The molecule has 0 aliphatic rings. The minimum absolute atomic E-state index is 0.213. The third-order valence-corrected chi connectivity index (χ3v) is 6.35. The van der Waals surface area contributed by atoms with Crippen molar-refractivity contribution in [2.45, 2.75) is 43.6 Å². The first-order valence-electron chi connectivity index (χ1n) is 8.31. The van der Waals surface area contributed by atoms with Crippen LogP contribution in [0.1, 0.15) is 32.6 Å². The zero-order valence-corrected chi connectivity index (χ0v) is 17.5. The van der Waals surface area contributed by atoms with Gasteiger partial charge < -0.3 is 18.8 Å². The van der Waals surface area contributed by atoms with E-state index in [1.165, 1.54) is 25.7 Å². The third kappa shape index (κ3) is 11.9. The first-order valence-corrected chi connectivity index (χ1v) is 11.2. The standard InChI is InChI=1S/C11H26NO2.C2F6NO4S2/c1-3-4-5-6-7-12(2,8-10-13)9-11-14;3-1(4,5)14(10,11)9-15(12,13)2(6,7)8/h13-14H,3-11H2,1-2H3;/q+1;-1. The summed E-state index contributed by atoms with van der Waals surface area (Å²) < 4.78 is 110. The van der Waals surface area contributed by atoms with E-state index in [-0.39, 0.29) is 13.2 Å². The number of likely N-dealkylation sites (N-methyl/N-ethyl adjacent to an activating group) is 1. The number of aliphatic hydroxyl groups is 2. The molecule has 0 aromatic rings. The maximum absolute atomic E-state index is 11.4. The van der Waals surface area contributed by atoms with Gasteiger partial charge in [-0.3, -0.25) is 0 Å². The normalized spacial score (nSPS) is 13.7. The molecular weight excluding hydrogens is 458 g/mol. The lowest BCUT2D eigenvalue weighted by molar-refractivity contribution is -0.910. The fourth-order valence-electron chi connectivity index (χ4n) is 1.95. The van der Waals surface area contributed by atoms with E-state index in [1.54, 1.807) is 0 Å². The van der Waals surface area contributed by atoms with Crippen LogP contribution in [0.5, 0.6) is 0 Å². The van der Waals surface area contributed by atoms with E-state index >= 15 is 0 Å². The smallest absolute Gasteiger partial charge is 0.421 e. The zero-order chi connectivity index (χ0) is 23.6. The fourth-order valence-corrected chi connectivity index (χ4v) is 3.66. The highest BCUT2D eigenvalue weighted by molar-refractivity contribution is 8.13. The minimum atomic E-state index is -6.72. The monoisotopic (exact) mass is 484 g/mol. The highest BCUT2D eigenvalue weighted by atomic mass is 32.3. The predicted octanol–water partition coefficient (Wildman–Crippen LogP) is 2.06. The third-order valence-electron chi connectivity index (χ3n) is 3.61. The van der Waals surface area contributed by atoms with Crippen LogP contribution in [-0.2, 0) is 20.0 Å². The molecule has 2 N–H and O–H groups in total. The van der Waals surface area contributed by atoms with Gasteiger partial charge in [0.25, 0.3) is 0 Å². The van der Waals surface area contributed by atoms with Gasteiger partial charge in [-0.1, -0.05) is 19.8 Å². The molecule has 0 aromatic heterocycles. The Morgan fingerprint density at radius 1 is 0.759 bits per heavy atom. The van der Waals surface area contributed by atoms with E-state index < -0.39 is 31.1 Å². The number of hydrogen-bond donors (Lipinski definition) is 2. The molecule has 0 aliphatic carbocycles. The summed E-state index contributed by atoms with van der Waals surface area (Å²) in [7, 11) is -11.3. The Hall–Kier alpha value is -0.680. The molecule has 0 saturated carbocycles. The highest BCUT2D eigenvalue weighted by Gasteiger charge is 2.46. The van der Waals surface area contributed by atoms with E-state index in [0.29, 0.717) is 0 Å². The van der Waals surface area contributed by atoms with Gasteiger partial charge in [-0.2, -0.15) is 26.3 Å². The van der Waals surface area contributed by atoms with E-state index in [4.69, 9.17) is 10.2 Å². The zero-order valence-electron chi connectivity index (χ0n) is 15.9. The van der Waals surface area contributed by atoms with Crippen molar-refractivity contribution in [3.8, 4) is 0 Å². The van der Waals surface area contributed by atoms with Gasteiger partial charge in [0.1, 0.15) is 13.1 Å². The number of alkyl halides is 6. The molecule has 0 aliphatic heterocycles. The highest BCUT2D eigenvalue weighted by Crippen LogP contribution is 2.36. The number of halogens is 6. The number of rotatable bonds is 11. The van der Waals surface area contributed by atoms with Crippen molar-refractivity contribution in [2.24, 2.45) is 0 Å². The molecule has 8 nitrogen and oxygen atoms in total. The summed E-state index contributed by atoms with van der Waals surface area (Å²) in [6, 6.07) is 0. The summed E-state index contributed by atoms with van der Waals surface area (Å²) in [5, 5.41) is 17.9. The Balaban J connectivity index is 0. The molecule has 16 heteroatoms. The van der Waals surface area contributed by atoms with Crippen molar-refractivity contribution >= 4 is 20.0 Å². The predicted molar refractivity (Wildman–Crippen MR) is 92.4 cm³/mol. The number of hydrogen-bond acceptors (Lipinski definition) is 6. The lowest BCUT2D eigenvalue weighted by Gasteiger charge is -2.33. The van der Waals surface area contributed by atoms with Crippen molar-refractivity contribution in [3.63, 3.8) is 0 Å². The lowest BCUT2D eigenvalue weighted by Crippen LogP contribution is -2.48. The fraction of sp³-hybridized carbons (Fsp3) is 1.00. The molecule has 0 saturated heterocycles. The van der Waals surface area contributed by atoms with Crippen LogP contribution in [0.2, 0.25) is 0 Å². The largest absolute Gasteiger partial charge is 0.480 e. The molecule has 0 rings (SSSR count). The Bertz CT molecular complexity index is 616. The summed E-state index contributed by atoms with van der Waals surface area (Å²) >= 11 is 0. The van der Waals surface area contributed by atoms with Crippen LogP contribution in [0.25, 0.3) is 4.13 Å². The topological polar surface area (TPSA) is 123 Å². The number of quaternary nitrogens is 1. The van der Waals surface area contributed by atoms with Crippen LogP contribution >= 0.6 is 0 Å². The summed E-state index contributed by atoms with van der Waals surface area (Å²) in [6.45, 7) is 5.21. The molecule has 178 valence electrons. The van der Waals surface area contributed by atoms with Crippen molar-refractivity contribution in [1.29, 1.82) is 0 Å².